The summed E-state index contributed by atoms with van der Waals surface area (Å²) in [5.74, 6) is -0.252. The first-order valence-electron chi connectivity index (χ1n) is 10.1. The third-order valence-electron chi connectivity index (χ3n) is 5.66. The van der Waals surface area contributed by atoms with E-state index in [4.69, 9.17) is 0 Å². The minimum atomic E-state index is -1.18. The second kappa shape index (κ2) is 9.10. The zero-order chi connectivity index (χ0) is 21.1. The van der Waals surface area contributed by atoms with E-state index in [9.17, 15) is 8.60 Å². The number of halogens is 1. The highest BCUT2D eigenvalue weighted by atomic mass is 32.2. The van der Waals surface area contributed by atoms with Crippen molar-refractivity contribution in [2.24, 2.45) is 7.05 Å². The van der Waals surface area contributed by atoms with Crippen LogP contribution in [0.25, 0.3) is 0 Å². The van der Waals surface area contributed by atoms with E-state index in [1.807, 2.05) is 46.4 Å². The topological polar surface area (TPSA) is 41.4 Å². The molecule has 3 aromatic rings. The van der Waals surface area contributed by atoms with E-state index in [-0.39, 0.29) is 11.9 Å². The highest BCUT2D eigenvalue weighted by Gasteiger charge is 2.31. The standard InChI is InChI=1S/C23H27FN4OS/c1-26-13-19(25-17-26)14-28-20(12-11-18-7-4-3-5-8-18)15-27(30(2)29)16-21-22(24)9-6-10-23(21)28/h3-10,13,17,20H,11-12,14-16H2,1-2H3. The molecule has 1 aliphatic heterocycles. The summed E-state index contributed by atoms with van der Waals surface area (Å²) in [7, 11) is 0.761. The van der Waals surface area contributed by atoms with Gasteiger partial charge in [-0.1, -0.05) is 36.4 Å². The van der Waals surface area contributed by atoms with Crippen molar-refractivity contribution in [3.63, 3.8) is 0 Å². The van der Waals surface area contributed by atoms with Crippen LogP contribution in [-0.2, 0) is 37.5 Å². The largest absolute Gasteiger partial charge is 0.361 e. The smallest absolute Gasteiger partial charge is 0.129 e. The zero-order valence-electron chi connectivity index (χ0n) is 17.4. The number of rotatable bonds is 6. The minimum Gasteiger partial charge on any atom is -0.361 e. The highest BCUT2D eigenvalue weighted by molar-refractivity contribution is 7.81. The average molecular weight is 427 g/mol. The molecule has 2 unspecified atom stereocenters. The van der Waals surface area contributed by atoms with E-state index in [0.717, 1.165) is 24.2 Å². The van der Waals surface area contributed by atoms with Crippen LogP contribution in [0.2, 0.25) is 0 Å². The Morgan fingerprint density at radius 3 is 2.67 bits per heavy atom. The zero-order valence-corrected chi connectivity index (χ0v) is 18.2. The number of aryl methyl sites for hydroxylation is 2. The monoisotopic (exact) mass is 426 g/mol. The van der Waals surface area contributed by atoms with Crippen LogP contribution in [0.15, 0.2) is 61.1 Å². The summed E-state index contributed by atoms with van der Waals surface area (Å²) < 4.78 is 31.0. The van der Waals surface area contributed by atoms with Gasteiger partial charge in [-0.3, -0.25) is 0 Å². The highest BCUT2D eigenvalue weighted by Crippen LogP contribution is 2.33. The van der Waals surface area contributed by atoms with Crippen molar-refractivity contribution in [2.75, 3.05) is 17.7 Å². The number of benzene rings is 2. The van der Waals surface area contributed by atoms with E-state index < -0.39 is 11.0 Å². The predicted molar refractivity (Wildman–Crippen MR) is 119 cm³/mol. The summed E-state index contributed by atoms with van der Waals surface area (Å²) in [6.45, 7) is 1.53. The summed E-state index contributed by atoms with van der Waals surface area (Å²) in [5, 5.41) is 0. The molecule has 0 spiro atoms. The molecule has 2 heterocycles. The molecule has 2 atom stereocenters. The van der Waals surface area contributed by atoms with Gasteiger partial charge < -0.3 is 9.47 Å². The third kappa shape index (κ3) is 4.63. The van der Waals surface area contributed by atoms with Crippen molar-refractivity contribution in [1.82, 2.24) is 13.9 Å². The van der Waals surface area contributed by atoms with Crippen molar-refractivity contribution in [3.05, 3.63) is 83.7 Å². The van der Waals surface area contributed by atoms with Gasteiger partial charge in [0.25, 0.3) is 0 Å². The number of aromatic nitrogens is 2. The number of nitrogens with zero attached hydrogens (tertiary/aromatic N) is 4. The molecule has 2 aromatic carbocycles. The van der Waals surface area contributed by atoms with Crippen LogP contribution in [0.4, 0.5) is 10.1 Å². The van der Waals surface area contributed by atoms with Crippen LogP contribution in [0.3, 0.4) is 0 Å². The van der Waals surface area contributed by atoms with Crippen LogP contribution in [0.5, 0.6) is 0 Å². The maximum atomic E-state index is 14.8. The van der Waals surface area contributed by atoms with Crippen LogP contribution in [0, 0.1) is 5.82 Å². The predicted octanol–water partition coefficient (Wildman–Crippen LogP) is 3.68. The molecule has 0 saturated carbocycles. The number of fused-ring (bicyclic) bond motifs is 1. The lowest BCUT2D eigenvalue weighted by molar-refractivity contribution is 0.389. The fourth-order valence-corrected chi connectivity index (χ4v) is 4.80. The fourth-order valence-electron chi connectivity index (χ4n) is 4.10. The Balaban J connectivity index is 1.71. The molecule has 0 saturated heterocycles. The summed E-state index contributed by atoms with van der Waals surface area (Å²) in [6, 6.07) is 15.7. The van der Waals surface area contributed by atoms with E-state index in [2.05, 4.69) is 22.0 Å². The van der Waals surface area contributed by atoms with Gasteiger partial charge in [-0.05, 0) is 30.5 Å². The number of hydrogen-bond donors (Lipinski definition) is 0. The van der Waals surface area contributed by atoms with Crippen molar-refractivity contribution in [3.8, 4) is 0 Å². The first-order valence-corrected chi connectivity index (χ1v) is 11.7. The fraction of sp³-hybridized carbons (Fsp3) is 0.348. The Morgan fingerprint density at radius 1 is 1.17 bits per heavy atom. The van der Waals surface area contributed by atoms with Gasteiger partial charge in [-0.25, -0.2) is 17.9 Å². The lowest BCUT2D eigenvalue weighted by Crippen LogP contribution is -2.42. The lowest BCUT2D eigenvalue weighted by Gasteiger charge is -2.33. The van der Waals surface area contributed by atoms with Crippen LogP contribution >= 0.6 is 0 Å². The molecule has 30 heavy (non-hydrogen) atoms. The van der Waals surface area contributed by atoms with Crippen LogP contribution < -0.4 is 4.90 Å². The number of imidazole rings is 1. The summed E-state index contributed by atoms with van der Waals surface area (Å²) >= 11 is 0. The normalized spacial score (nSPS) is 18.1. The van der Waals surface area contributed by atoms with Crippen LogP contribution in [0.1, 0.15) is 23.2 Å². The van der Waals surface area contributed by atoms with Gasteiger partial charge in [-0.15, -0.1) is 0 Å². The van der Waals surface area contributed by atoms with Gasteiger partial charge in [0.2, 0.25) is 0 Å². The third-order valence-corrected chi connectivity index (χ3v) is 6.66. The van der Waals surface area contributed by atoms with Crippen molar-refractivity contribution in [1.29, 1.82) is 0 Å². The van der Waals surface area contributed by atoms with Crippen molar-refractivity contribution in [2.45, 2.75) is 32.0 Å². The first-order chi connectivity index (χ1) is 14.5. The molecule has 7 heteroatoms. The van der Waals surface area contributed by atoms with E-state index in [1.54, 1.807) is 18.6 Å². The van der Waals surface area contributed by atoms with Crippen LogP contribution in [-0.4, -0.2) is 36.9 Å². The van der Waals surface area contributed by atoms with Gasteiger partial charge >= 0.3 is 0 Å². The molecule has 0 N–H and O–H groups in total. The Bertz CT molecular complexity index is 1020. The molecule has 0 aliphatic carbocycles. The van der Waals surface area contributed by atoms with Gasteiger partial charge in [0.05, 0.1) is 29.6 Å². The molecule has 1 aromatic heterocycles. The summed E-state index contributed by atoms with van der Waals surface area (Å²) in [6.07, 6.45) is 7.22. The van der Waals surface area contributed by atoms with E-state index in [0.29, 0.717) is 25.2 Å². The van der Waals surface area contributed by atoms with Crippen molar-refractivity contribution >= 4 is 16.7 Å². The summed E-state index contributed by atoms with van der Waals surface area (Å²) in [4.78, 5) is 6.74. The molecule has 0 radical (unpaired) electrons. The lowest BCUT2D eigenvalue weighted by atomic mass is 10.0. The Labute approximate surface area is 179 Å². The molecular formula is C23H27FN4OS. The Hall–Kier alpha value is -2.51. The van der Waals surface area contributed by atoms with Gasteiger partial charge in [0.1, 0.15) is 5.82 Å². The molecule has 1 aliphatic rings. The maximum absolute atomic E-state index is 14.8. The summed E-state index contributed by atoms with van der Waals surface area (Å²) in [5.41, 5.74) is 3.67. The Morgan fingerprint density at radius 2 is 1.97 bits per heavy atom. The van der Waals surface area contributed by atoms with Gasteiger partial charge in [0.15, 0.2) is 0 Å². The Kier molecular flexibility index (Phi) is 6.29. The molecule has 4 rings (SSSR count). The molecule has 5 nitrogen and oxygen atoms in total. The first kappa shape index (κ1) is 20.8. The van der Waals surface area contributed by atoms with Gasteiger partial charge in [-0.2, -0.15) is 0 Å². The van der Waals surface area contributed by atoms with Crippen molar-refractivity contribution < 1.29 is 8.60 Å². The number of anilines is 1. The quantitative estimate of drug-likeness (QED) is 0.604. The van der Waals surface area contributed by atoms with E-state index in [1.165, 1.54) is 11.6 Å². The molecule has 0 fully saturated rings. The second-order valence-electron chi connectivity index (χ2n) is 7.82. The SMILES string of the molecule is Cn1cnc(CN2c3cccc(F)c3CN(S(C)=O)CC2CCc2ccccc2)c1. The maximum Gasteiger partial charge on any atom is 0.129 e. The molecule has 0 bridgehead atoms. The molecular weight excluding hydrogens is 399 g/mol. The molecule has 0 amide bonds. The average Bonchev–Trinajstić information content (AvgIpc) is 3.07. The second-order valence-corrected chi connectivity index (χ2v) is 9.18. The number of hydrogen-bond acceptors (Lipinski definition) is 3. The van der Waals surface area contributed by atoms with E-state index >= 15 is 0 Å². The van der Waals surface area contributed by atoms with Gasteiger partial charge in [0, 0.05) is 49.9 Å². The minimum absolute atomic E-state index is 0.0826. The molecule has 158 valence electrons.